The Morgan fingerprint density at radius 1 is 1.44 bits per heavy atom. The third kappa shape index (κ3) is 4.00. The summed E-state index contributed by atoms with van der Waals surface area (Å²) in [6.07, 6.45) is 3.70. The molecule has 98 valence electrons. The summed E-state index contributed by atoms with van der Waals surface area (Å²) in [5.41, 5.74) is 1.65. The average molecular weight is 249 g/mol. The maximum absolute atomic E-state index is 11.7. The van der Waals surface area contributed by atoms with Gasteiger partial charge < -0.3 is 15.4 Å². The molecule has 0 spiro atoms. The van der Waals surface area contributed by atoms with Crippen LogP contribution in [-0.2, 0) is 4.74 Å². The first kappa shape index (κ1) is 12.8. The lowest BCUT2D eigenvalue weighted by atomic mass is 10.0. The van der Waals surface area contributed by atoms with E-state index in [0.717, 1.165) is 31.7 Å². The van der Waals surface area contributed by atoms with E-state index < -0.39 is 0 Å². The number of hydrogen-bond acceptors (Lipinski definition) is 3. The van der Waals surface area contributed by atoms with Crippen LogP contribution in [0, 0.1) is 12.8 Å². The van der Waals surface area contributed by atoms with E-state index >= 15 is 0 Å². The van der Waals surface area contributed by atoms with E-state index in [4.69, 9.17) is 4.74 Å². The van der Waals surface area contributed by atoms with Crippen molar-refractivity contribution in [3.8, 4) is 0 Å². The second-order valence-corrected chi connectivity index (χ2v) is 4.58. The molecule has 2 amide bonds. The molecule has 1 aliphatic heterocycles. The lowest BCUT2D eigenvalue weighted by molar-refractivity contribution is 0.0671. The molecule has 0 atom stereocenters. The van der Waals surface area contributed by atoms with Gasteiger partial charge in [-0.25, -0.2) is 4.79 Å². The summed E-state index contributed by atoms with van der Waals surface area (Å²) >= 11 is 0. The van der Waals surface area contributed by atoms with Crippen LogP contribution in [0.1, 0.15) is 18.5 Å². The Morgan fingerprint density at radius 3 is 2.89 bits per heavy atom. The minimum atomic E-state index is -0.174. The molecule has 0 unspecified atom stereocenters. The van der Waals surface area contributed by atoms with Crippen LogP contribution in [0.25, 0.3) is 0 Å². The number of aryl methyl sites for hydroxylation is 1. The standard InChI is InChI=1S/C13H19N3O2/c1-10-2-3-12(9-14-10)16-13(17)15-8-11-4-6-18-7-5-11/h2-3,9,11H,4-8H2,1H3,(H2,15,16,17). The Hall–Kier alpha value is -1.62. The Labute approximate surface area is 107 Å². The molecule has 1 aromatic heterocycles. The molecule has 1 aromatic rings. The van der Waals surface area contributed by atoms with Gasteiger partial charge in [-0.1, -0.05) is 0 Å². The summed E-state index contributed by atoms with van der Waals surface area (Å²) in [4.78, 5) is 15.8. The summed E-state index contributed by atoms with van der Waals surface area (Å²) in [7, 11) is 0. The molecule has 0 bridgehead atoms. The van der Waals surface area contributed by atoms with Gasteiger partial charge in [-0.05, 0) is 37.8 Å². The van der Waals surface area contributed by atoms with E-state index in [1.165, 1.54) is 0 Å². The molecule has 0 aromatic carbocycles. The highest BCUT2D eigenvalue weighted by Gasteiger charge is 2.14. The number of nitrogens with one attached hydrogen (secondary N) is 2. The SMILES string of the molecule is Cc1ccc(NC(=O)NCC2CCOCC2)cn1. The van der Waals surface area contributed by atoms with Gasteiger partial charge in [0.05, 0.1) is 11.9 Å². The van der Waals surface area contributed by atoms with E-state index in [0.29, 0.717) is 18.2 Å². The van der Waals surface area contributed by atoms with Crippen LogP contribution in [0.5, 0.6) is 0 Å². The topological polar surface area (TPSA) is 63.2 Å². The number of pyridine rings is 1. The zero-order valence-corrected chi connectivity index (χ0v) is 10.6. The Kier molecular flexibility index (Phi) is 4.52. The van der Waals surface area contributed by atoms with E-state index in [-0.39, 0.29) is 6.03 Å². The number of carbonyl (C=O) groups excluding carboxylic acids is 1. The smallest absolute Gasteiger partial charge is 0.319 e. The largest absolute Gasteiger partial charge is 0.381 e. The first-order chi connectivity index (χ1) is 8.74. The molecule has 18 heavy (non-hydrogen) atoms. The van der Waals surface area contributed by atoms with Gasteiger partial charge in [0.25, 0.3) is 0 Å². The van der Waals surface area contributed by atoms with Crippen LogP contribution in [-0.4, -0.2) is 30.8 Å². The summed E-state index contributed by atoms with van der Waals surface area (Å²) in [6.45, 7) is 4.22. The first-order valence-corrected chi connectivity index (χ1v) is 6.29. The summed E-state index contributed by atoms with van der Waals surface area (Å²) in [5.74, 6) is 0.528. The maximum atomic E-state index is 11.7. The second-order valence-electron chi connectivity index (χ2n) is 4.58. The highest BCUT2D eigenvalue weighted by molar-refractivity contribution is 5.88. The second kappa shape index (κ2) is 6.35. The minimum Gasteiger partial charge on any atom is -0.381 e. The van der Waals surface area contributed by atoms with Crippen molar-refractivity contribution >= 4 is 11.7 Å². The van der Waals surface area contributed by atoms with Crippen molar-refractivity contribution in [3.63, 3.8) is 0 Å². The van der Waals surface area contributed by atoms with Crippen molar-refractivity contribution in [1.82, 2.24) is 10.3 Å². The normalized spacial score (nSPS) is 16.3. The third-order valence-electron chi connectivity index (χ3n) is 3.06. The average Bonchev–Trinajstić information content (AvgIpc) is 2.40. The van der Waals surface area contributed by atoms with Crippen LogP contribution in [0.3, 0.4) is 0 Å². The van der Waals surface area contributed by atoms with Gasteiger partial charge >= 0.3 is 6.03 Å². The number of anilines is 1. The Morgan fingerprint density at radius 2 is 2.22 bits per heavy atom. The van der Waals surface area contributed by atoms with Gasteiger partial charge in [-0.15, -0.1) is 0 Å². The highest BCUT2D eigenvalue weighted by Crippen LogP contribution is 2.13. The third-order valence-corrected chi connectivity index (χ3v) is 3.06. The number of aromatic nitrogens is 1. The molecular formula is C13H19N3O2. The molecular weight excluding hydrogens is 230 g/mol. The number of ether oxygens (including phenoxy) is 1. The lowest BCUT2D eigenvalue weighted by Gasteiger charge is -2.22. The van der Waals surface area contributed by atoms with Gasteiger partial charge in [0.2, 0.25) is 0 Å². The van der Waals surface area contributed by atoms with E-state index in [2.05, 4.69) is 15.6 Å². The number of urea groups is 1. The molecule has 1 aliphatic rings. The fourth-order valence-corrected chi connectivity index (χ4v) is 1.90. The van der Waals surface area contributed by atoms with Gasteiger partial charge in [-0.3, -0.25) is 4.98 Å². The molecule has 0 radical (unpaired) electrons. The van der Waals surface area contributed by atoms with Crippen molar-refractivity contribution in [2.45, 2.75) is 19.8 Å². The molecule has 5 heteroatoms. The molecule has 0 aliphatic carbocycles. The number of rotatable bonds is 3. The lowest BCUT2D eigenvalue weighted by Crippen LogP contribution is -2.35. The van der Waals surface area contributed by atoms with Crippen molar-refractivity contribution in [3.05, 3.63) is 24.0 Å². The van der Waals surface area contributed by atoms with Crippen LogP contribution in [0.2, 0.25) is 0 Å². The molecule has 1 saturated heterocycles. The summed E-state index contributed by atoms with van der Waals surface area (Å²) in [5, 5.41) is 5.65. The summed E-state index contributed by atoms with van der Waals surface area (Å²) in [6, 6.07) is 3.54. The Balaban J connectivity index is 1.73. The van der Waals surface area contributed by atoms with Crippen LogP contribution in [0.15, 0.2) is 18.3 Å². The van der Waals surface area contributed by atoms with Crippen LogP contribution in [0.4, 0.5) is 10.5 Å². The highest BCUT2D eigenvalue weighted by atomic mass is 16.5. The van der Waals surface area contributed by atoms with Crippen molar-refractivity contribution in [1.29, 1.82) is 0 Å². The fraction of sp³-hybridized carbons (Fsp3) is 0.538. The molecule has 2 rings (SSSR count). The molecule has 1 fully saturated rings. The molecule has 0 saturated carbocycles. The van der Waals surface area contributed by atoms with E-state index in [1.54, 1.807) is 6.20 Å². The van der Waals surface area contributed by atoms with Gasteiger partial charge in [0, 0.05) is 25.5 Å². The molecule has 2 heterocycles. The number of amides is 2. The van der Waals surface area contributed by atoms with E-state index in [9.17, 15) is 4.79 Å². The number of carbonyl (C=O) groups is 1. The summed E-state index contributed by atoms with van der Waals surface area (Å²) < 4.78 is 5.28. The first-order valence-electron chi connectivity index (χ1n) is 6.29. The van der Waals surface area contributed by atoms with E-state index in [1.807, 2.05) is 19.1 Å². The number of nitrogens with zero attached hydrogens (tertiary/aromatic N) is 1. The van der Waals surface area contributed by atoms with Crippen molar-refractivity contribution < 1.29 is 9.53 Å². The quantitative estimate of drug-likeness (QED) is 0.860. The molecule has 5 nitrogen and oxygen atoms in total. The minimum absolute atomic E-state index is 0.174. The fourth-order valence-electron chi connectivity index (χ4n) is 1.90. The zero-order chi connectivity index (χ0) is 12.8. The van der Waals surface area contributed by atoms with Gasteiger partial charge in [-0.2, -0.15) is 0 Å². The van der Waals surface area contributed by atoms with Crippen molar-refractivity contribution in [2.75, 3.05) is 25.1 Å². The predicted octanol–water partition coefficient (Wildman–Crippen LogP) is 1.94. The monoisotopic (exact) mass is 249 g/mol. The Bertz CT molecular complexity index is 386. The molecule has 2 N–H and O–H groups in total. The van der Waals surface area contributed by atoms with Crippen LogP contribution >= 0.6 is 0 Å². The van der Waals surface area contributed by atoms with Gasteiger partial charge in [0.1, 0.15) is 0 Å². The van der Waals surface area contributed by atoms with Gasteiger partial charge in [0.15, 0.2) is 0 Å². The maximum Gasteiger partial charge on any atom is 0.319 e. The number of hydrogen-bond donors (Lipinski definition) is 2. The predicted molar refractivity (Wildman–Crippen MR) is 69.5 cm³/mol. The van der Waals surface area contributed by atoms with Crippen molar-refractivity contribution in [2.24, 2.45) is 5.92 Å². The zero-order valence-electron chi connectivity index (χ0n) is 10.6. The van der Waals surface area contributed by atoms with Crippen LogP contribution < -0.4 is 10.6 Å².